The van der Waals surface area contributed by atoms with Crippen molar-refractivity contribution in [3.05, 3.63) is 52.0 Å². The van der Waals surface area contributed by atoms with Crippen molar-refractivity contribution in [1.29, 1.82) is 0 Å². The molecule has 1 aliphatic heterocycles. The van der Waals surface area contributed by atoms with Crippen molar-refractivity contribution in [1.82, 2.24) is 4.90 Å². The molecule has 1 fully saturated rings. The van der Waals surface area contributed by atoms with Crippen LogP contribution >= 0.6 is 23.2 Å². The van der Waals surface area contributed by atoms with E-state index in [-0.39, 0.29) is 18.6 Å². The number of carbonyl (C=O) groups excluding carboxylic acids is 1. The molecule has 0 bridgehead atoms. The summed E-state index contributed by atoms with van der Waals surface area (Å²) in [5, 5.41) is 0.918. The highest BCUT2D eigenvalue weighted by Gasteiger charge is 2.32. The third kappa shape index (κ3) is 4.42. The van der Waals surface area contributed by atoms with Gasteiger partial charge < -0.3 is 19.1 Å². The van der Waals surface area contributed by atoms with Gasteiger partial charge >= 0.3 is 0 Å². The minimum absolute atomic E-state index is 0.0824. The van der Waals surface area contributed by atoms with Crippen LogP contribution in [-0.4, -0.2) is 38.2 Å². The number of amides is 1. The van der Waals surface area contributed by atoms with Gasteiger partial charge in [0.1, 0.15) is 17.2 Å². The molecule has 0 aliphatic carbocycles. The number of likely N-dealkylation sites (tertiary alicyclic amines) is 1. The molecule has 0 N–H and O–H groups in total. The van der Waals surface area contributed by atoms with Crippen LogP contribution < -0.4 is 14.2 Å². The number of methoxy groups -OCH3 is 2. The summed E-state index contributed by atoms with van der Waals surface area (Å²) in [5.41, 5.74) is 0.934. The monoisotopic (exact) mass is 409 g/mol. The van der Waals surface area contributed by atoms with E-state index in [9.17, 15) is 4.79 Å². The van der Waals surface area contributed by atoms with E-state index in [2.05, 4.69) is 0 Å². The zero-order valence-electron chi connectivity index (χ0n) is 15.2. The fraction of sp³-hybridized carbons (Fsp3) is 0.350. The maximum absolute atomic E-state index is 12.8. The predicted molar refractivity (Wildman–Crippen MR) is 105 cm³/mol. The van der Waals surface area contributed by atoms with Crippen molar-refractivity contribution in [2.75, 3.05) is 27.4 Å². The molecule has 1 aliphatic rings. The topological polar surface area (TPSA) is 48.0 Å². The Morgan fingerprint density at radius 2 is 1.93 bits per heavy atom. The average molecular weight is 410 g/mol. The lowest BCUT2D eigenvalue weighted by Gasteiger charge is -2.26. The Bertz CT molecular complexity index is 828. The fourth-order valence-corrected chi connectivity index (χ4v) is 3.63. The summed E-state index contributed by atoms with van der Waals surface area (Å²) in [5.74, 6) is 1.75. The minimum atomic E-state index is -0.113. The van der Waals surface area contributed by atoms with Gasteiger partial charge in [0.15, 0.2) is 6.61 Å². The van der Waals surface area contributed by atoms with E-state index in [1.165, 1.54) is 0 Å². The Labute approximate surface area is 168 Å². The molecule has 7 heteroatoms. The molecular weight excluding hydrogens is 389 g/mol. The second kappa shape index (κ2) is 8.72. The lowest BCUT2D eigenvalue weighted by molar-refractivity contribution is -0.134. The maximum atomic E-state index is 12.8. The van der Waals surface area contributed by atoms with Crippen LogP contribution in [0.2, 0.25) is 10.0 Å². The van der Waals surface area contributed by atoms with Crippen LogP contribution in [0.1, 0.15) is 24.4 Å². The second-order valence-electron chi connectivity index (χ2n) is 6.22. The first-order chi connectivity index (χ1) is 13.0. The molecule has 1 atom stereocenters. The Morgan fingerprint density at radius 3 is 2.67 bits per heavy atom. The molecule has 5 nitrogen and oxygen atoms in total. The average Bonchev–Trinajstić information content (AvgIpc) is 3.17. The van der Waals surface area contributed by atoms with Crippen LogP contribution in [0.15, 0.2) is 36.4 Å². The minimum Gasteiger partial charge on any atom is -0.497 e. The lowest BCUT2D eigenvalue weighted by atomic mass is 10.0. The van der Waals surface area contributed by atoms with E-state index in [1.807, 2.05) is 23.1 Å². The van der Waals surface area contributed by atoms with Gasteiger partial charge in [-0.3, -0.25) is 4.79 Å². The van der Waals surface area contributed by atoms with Crippen LogP contribution in [0.5, 0.6) is 17.2 Å². The number of nitrogens with zero attached hydrogens (tertiary/aromatic N) is 1. The quantitative estimate of drug-likeness (QED) is 0.690. The lowest BCUT2D eigenvalue weighted by Crippen LogP contribution is -2.34. The third-order valence-corrected chi connectivity index (χ3v) is 5.16. The summed E-state index contributed by atoms with van der Waals surface area (Å²) >= 11 is 12.1. The molecule has 2 aromatic carbocycles. The summed E-state index contributed by atoms with van der Waals surface area (Å²) in [6, 6.07) is 10.5. The summed E-state index contributed by atoms with van der Waals surface area (Å²) in [7, 11) is 3.24. The van der Waals surface area contributed by atoms with Crippen molar-refractivity contribution in [2.24, 2.45) is 0 Å². The smallest absolute Gasteiger partial charge is 0.261 e. The van der Waals surface area contributed by atoms with Crippen molar-refractivity contribution in [2.45, 2.75) is 18.9 Å². The normalized spacial score (nSPS) is 16.3. The number of halogens is 2. The molecule has 2 aromatic rings. The van der Waals surface area contributed by atoms with Gasteiger partial charge in [0, 0.05) is 23.2 Å². The Hall–Kier alpha value is -2.11. The largest absolute Gasteiger partial charge is 0.497 e. The van der Waals surface area contributed by atoms with E-state index < -0.39 is 0 Å². The molecule has 144 valence electrons. The first kappa shape index (κ1) is 19.6. The van der Waals surface area contributed by atoms with E-state index in [4.69, 9.17) is 37.4 Å². The molecule has 1 amide bonds. The van der Waals surface area contributed by atoms with Crippen LogP contribution in [0.4, 0.5) is 0 Å². The van der Waals surface area contributed by atoms with E-state index in [0.717, 1.165) is 29.9 Å². The van der Waals surface area contributed by atoms with Crippen LogP contribution in [0, 0.1) is 0 Å². The van der Waals surface area contributed by atoms with Gasteiger partial charge in [0.2, 0.25) is 0 Å². The van der Waals surface area contributed by atoms with E-state index >= 15 is 0 Å². The maximum Gasteiger partial charge on any atom is 0.261 e. The summed E-state index contributed by atoms with van der Waals surface area (Å²) in [6.45, 7) is 0.555. The number of carbonyl (C=O) groups is 1. The molecule has 3 rings (SSSR count). The number of benzene rings is 2. The molecule has 0 saturated carbocycles. The molecule has 27 heavy (non-hydrogen) atoms. The Kier molecular flexibility index (Phi) is 6.34. The standard InChI is InChI=1S/C20H21Cl2NO4/c1-25-14-6-8-18(26-2)15(11-14)17-4-3-9-23(17)20(24)12-27-19-10-13(21)5-7-16(19)22/h5-8,10-11,17H,3-4,9,12H2,1-2H3/t17-/m0/s1. The van der Waals surface area contributed by atoms with Crippen LogP contribution in [0.3, 0.4) is 0 Å². The molecule has 1 heterocycles. The van der Waals surface area contributed by atoms with Gasteiger partial charge in [-0.2, -0.15) is 0 Å². The highest BCUT2D eigenvalue weighted by Crippen LogP contribution is 2.39. The van der Waals surface area contributed by atoms with E-state index in [1.54, 1.807) is 32.4 Å². The molecule has 0 spiro atoms. The van der Waals surface area contributed by atoms with Gasteiger partial charge in [-0.1, -0.05) is 23.2 Å². The first-order valence-corrected chi connectivity index (χ1v) is 9.38. The number of rotatable bonds is 6. The van der Waals surface area contributed by atoms with Gasteiger partial charge in [-0.15, -0.1) is 0 Å². The third-order valence-electron chi connectivity index (χ3n) is 4.61. The van der Waals surface area contributed by atoms with Gasteiger partial charge in [0.25, 0.3) is 5.91 Å². The molecule has 0 aromatic heterocycles. The summed E-state index contributed by atoms with van der Waals surface area (Å²) in [4.78, 5) is 14.6. The molecular formula is C20H21Cl2NO4. The van der Waals surface area contributed by atoms with E-state index in [0.29, 0.717) is 22.3 Å². The number of hydrogen-bond acceptors (Lipinski definition) is 4. The highest BCUT2D eigenvalue weighted by atomic mass is 35.5. The number of ether oxygens (including phenoxy) is 3. The first-order valence-electron chi connectivity index (χ1n) is 8.62. The summed E-state index contributed by atoms with van der Waals surface area (Å²) in [6.07, 6.45) is 1.77. The van der Waals surface area contributed by atoms with Gasteiger partial charge in [-0.05, 0) is 43.2 Å². The summed E-state index contributed by atoms with van der Waals surface area (Å²) < 4.78 is 16.4. The number of hydrogen-bond donors (Lipinski definition) is 0. The molecule has 0 unspecified atom stereocenters. The van der Waals surface area contributed by atoms with Crippen molar-refractivity contribution in [3.63, 3.8) is 0 Å². The molecule has 0 radical (unpaired) electrons. The van der Waals surface area contributed by atoms with Crippen LogP contribution in [0.25, 0.3) is 0 Å². The van der Waals surface area contributed by atoms with Gasteiger partial charge in [0.05, 0.1) is 25.3 Å². The second-order valence-corrected chi connectivity index (χ2v) is 7.06. The Morgan fingerprint density at radius 1 is 1.11 bits per heavy atom. The van der Waals surface area contributed by atoms with Crippen LogP contribution in [-0.2, 0) is 4.79 Å². The highest BCUT2D eigenvalue weighted by molar-refractivity contribution is 6.34. The predicted octanol–water partition coefficient (Wildman–Crippen LogP) is 4.75. The molecule has 1 saturated heterocycles. The Balaban J connectivity index is 1.76. The van der Waals surface area contributed by atoms with Crippen molar-refractivity contribution < 1.29 is 19.0 Å². The zero-order valence-corrected chi connectivity index (χ0v) is 16.7. The zero-order chi connectivity index (χ0) is 19.4. The fourth-order valence-electron chi connectivity index (χ4n) is 3.30. The van der Waals surface area contributed by atoms with Crippen molar-refractivity contribution >= 4 is 29.1 Å². The van der Waals surface area contributed by atoms with Gasteiger partial charge in [-0.25, -0.2) is 0 Å². The SMILES string of the molecule is COc1ccc(OC)c([C@@H]2CCCN2C(=O)COc2cc(Cl)ccc2Cl)c1. The van der Waals surface area contributed by atoms with Crippen molar-refractivity contribution in [3.8, 4) is 17.2 Å².